The molecule has 1 aromatic heterocycles. The highest BCUT2D eigenvalue weighted by atomic mass is 16.5. The zero-order chi connectivity index (χ0) is 19.1. The highest BCUT2D eigenvalue weighted by Gasteiger charge is 2.13. The number of pyridine rings is 1. The summed E-state index contributed by atoms with van der Waals surface area (Å²) in [4.78, 5) is 26.5. The van der Waals surface area contributed by atoms with E-state index in [4.69, 9.17) is 9.47 Å². The van der Waals surface area contributed by atoms with Crippen molar-refractivity contribution in [2.75, 3.05) is 13.2 Å². The molecule has 0 unspecified atom stereocenters. The fourth-order valence-electron chi connectivity index (χ4n) is 2.33. The predicted octanol–water partition coefficient (Wildman–Crippen LogP) is 3.52. The second kappa shape index (κ2) is 8.86. The van der Waals surface area contributed by atoms with Gasteiger partial charge < -0.3 is 14.5 Å². The summed E-state index contributed by atoms with van der Waals surface area (Å²) >= 11 is 0. The Balaban J connectivity index is 2.26. The average Bonchev–Trinajstić information content (AvgIpc) is 2.61. The summed E-state index contributed by atoms with van der Waals surface area (Å²) in [5.41, 5.74) is 0.974. The maximum atomic E-state index is 12.1. The lowest BCUT2D eigenvalue weighted by Crippen LogP contribution is -2.19. The largest absolute Gasteiger partial charge is 0.492 e. The highest BCUT2D eigenvalue weighted by Crippen LogP contribution is 2.25. The number of nitrogens with zero attached hydrogens (tertiary/aromatic N) is 1. The quantitative estimate of drug-likeness (QED) is 0.768. The van der Waals surface area contributed by atoms with Gasteiger partial charge in [-0.2, -0.15) is 5.26 Å². The average molecular weight is 354 g/mol. The number of ether oxygens (including phenoxy) is 2. The van der Waals surface area contributed by atoms with E-state index in [1.807, 2.05) is 0 Å². The van der Waals surface area contributed by atoms with E-state index < -0.39 is 11.5 Å². The first kappa shape index (κ1) is 19.3. The number of nitrogens with one attached hydrogen (secondary N) is 1. The molecule has 0 fully saturated rings. The second-order valence-electron chi connectivity index (χ2n) is 6.19. The van der Waals surface area contributed by atoms with E-state index in [9.17, 15) is 14.9 Å². The standard InChI is InChI=1S/C20H22N2O4/c1-4-25-20(24)16-6-7-17(22-19(16)23)14-5-8-18(15(11-14)12-21)26-10-9-13(2)3/h5-8,11,13H,4,9-10H2,1-3H3,(H,22,23). The van der Waals surface area contributed by atoms with Gasteiger partial charge in [0.05, 0.1) is 18.8 Å². The predicted molar refractivity (Wildman–Crippen MR) is 98.1 cm³/mol. The Morgan fingerprint density at radius 3 is 2.65 bits per heavy atom. The maximum absolute atomic E-state index is 12.1. The summed E-state index contributed by atoms with van der Waals surface area (Å²) in [6, 6.07) is 10.3. The molecule has 1 N–H and O–H groups in total. The van der Waals surface area contributed by atoms with Gasteiger partial charge in [0, 0.05) is 5.69 Å². The monoisotopic (exact) mass is 354 g/mol. The first-order valence-corrected chi connectivity index (χ1v) is 8.54. The molecule has 6 nitrogen and oxygen atoms in total. The molecule has 0 aliphatic heterocycles. The Morgan fingerprint density at radius 2 is 2.04 bits per heavy atom. The van der Waals surface area contributed by atoms with Crippen molar-refractivity contribution >= 4 is 5.97 Å². The fourth-order valence-corrected chi connectivity index (χ4v) is 2.33. The number of hydrogen-bond acceptors (Lipinski definition) is 5. The van der Waals surface area contributed by atoms with Crippen LogP contribution in [0.2, 0.25) is 0 Å². The van der Waals surface area contributed by atoms with E-state index in [0.717, 1.165) is 6.42 Å². The Hall–Kier alpha value is -3.07. The number of nitriles is 1. The molecule has 6 heteroatoms. The molecular weight excluding hydrogens is 332 g/mol. The van der Waals surface area contributed by atoms with Crippen molar-refractivity contribution in [3.63, 3.8) is 0 Å². The van der Waals surface area contributed by atoms with Crippen LogP contribution in [0.15, 0.2) is 35.1 Å². The molecule has 0 bridgehead atoms. The van der Waals surface area contributed by atoms with E-state index in [1.165, 1.54) is 6.07 Å². The molecule has 0 radical (unpaired) electrons. The second-order valence-corrected chi connectivity index (χ2v) is 6.19. The van der Waals surface area contributed by atoms with Gasteiger partial charge in [0.15, 0.2) is 0 Å². The maximum Gasteiger partial charge on any atom is 0.343 e. The lowest BCUT2D eigenvalue weighted by atomic mass is 10.1. The number of aromatic nitrogens is 1. The summed E-state index contributed by atoms with van der Waals surface area (Å²) in [6.07, 6.45) is 0.898. The lowest BCUT2D eigenvalue weighted by molar-refractivity contribution is 0.0524. The van der Waals surface area contributed by atoms with Crippen molar-refractivity contribution in [3.8, 4) is 23.1 Å². The van der Waals surface area contributed by atoms with Crippen LogP contribution in [-0.4, -0.2) is 24.2 Å². The Labute approximate surface area is 152 Å². The smallest absolute Gasteiger partial charge is 0.343 e. The Morgan fingerprint density at radius 1 is 1.27 bits per heavy atom. The lowest BCUT2D eigenvalue weighted by Gasteiger charge is -2.11. The molecule has 0 saturated carbocycles. The molecule has 0 spiro atoms. The van der Waals surface area contributed by atoms with Crippen LogP contribution in [-0.2, 0) is 4.74 Å². The van der Waals surface area contributed by atoms with E-state index >= 15 is 0 Å². The van der Waals surface area contributed by atoms with Crippen LogP contribution < -0.4 is 10.3 Å². The topological polar surface area (TPSA) is 92.2 Å². The summed E-state index contributed by atoms with van der Waals surface area (Å²) in [7, 11) is 0. The van der Waals surface area contributed by atoms with Crippen LogP contribution in [0.5, 0.6) is 5.75 Å². The molecule has 2 aromatic rings. The molecule has 0 aliphatic rings. The van der Waals surface area contributed by atoms with Crippen molar-refractivity contribution in [3.05, 3.63) is 51.8 Å². The summed E-state index contributed by atoms with van der Waals surface area (Å²) in [5, 5.41) is 9.37. The Kier molecular flexibility index (Phi) is 6.56. The van der Waals surface area contributed by atoms with Crippen molar-refractivity contribution in [1.82, 2.24) is 4.98 Å². The molecular formula is C20H22N2O4. The van der Waals surface area contributed by atoms with Gasteiger partial charge in [0.25, 0.3) is 5.56 Å². The normalized spacial score (nSPS) is 10.4. The molecule has 26 heavy (non-hydrogen) atoms. The van der Waals surface area contributed by atoms with Crippen LogP contribution in [0.4, 0.5) is 0 Å². The highest BCUT2D eigenvalue weighted by molar-refractivity contribution is 5.89. The molecule has 1 aromatic carbocycles. The van der Waals surface area contributed by atoms with E-state index in [0.29, 0.717) is 35.1 Å². The number of carbonyl (C=O) groups is 1. The van der Waals surface area contributed by atoms with Crippen LogP contribution in [0.1, 0.15) is 43.1 Å². The zero-order valence-electron chi connectivity index (χ0n) is 15.2. The summed E-state index contributed by atoms with van der Waals surface area (Å²) < 4.78 is 10.5. The minimum atomic E-state index is -0.660. The van der Waals surface area contributed by atoms with Crippen LogP contribution >= 0.6 is 0 Å². The first-order valence-electron chi connectivity index (χ1n) is 8.54. The number of esters is 1. The number of carbonyl (C=O) groups excluding carboxylic acids is 1. The molecule has 0 amide bonds. The fraction of sp³-hybridized carbons (Fsp3) is 0.350. The van der Waals surface area contributed by atoms with Crippen molar-refractivity contribution < 1.29 is 14.3 Å². The molecule has 0 aliphatic carbocycles. The van der Waals surface area contributed by atoms with Gasteiger partial charge in [0.1, 0.15) is 17.4 Å². The summed E-state index contributed by atoms with van der Waals surface area (Å²) in [6.45, 7) is 6.62. The number of hydrogen-bond donors (Lipinski definition) is 1. The molecule has 0 atom stereocenters. The van der Waals surface area contributed by atoms with Crippen LogP contribution in [0, 0.1) is 17.2 Å². The molecule has 136 valence electrons. The third-order valence-corrected chi connectivity index (χ3v) is 3.77. The number of rotatable bonds is 7. The minimum Gasteiger partial charge on any atom is -0.492 e. The van der Waals surface area contributed by atoms with Crippen molar-refractivity contribution in [1.29, 1.82) is 5.26 Å². The molecule has 2 rings (SSSR count). The zero-order valence-corrected chi connectivity index (χ0v) is 15.2. The molecule has 0 saturated heterocycles. The van der Waals surface area contributed by atoms with Crippen LogP contribution in [0.3, 0.4) is 0 Å². The van der Waals surface area contributed by atoms with Crippen molar-refractivity contribution in [2.45, 2.75) is 27.2 Å². The summed E-state index contributed by atoms with van der Waals surface area (Å²) in [5.74, 6) is 0.372. The van der Waals surface area contributed by atoms with Gasteiger partial charge in [-0.15, -0.1) is 0 Å². The van der Waals surface area contributed by atoms with Gasteiger partial charge in [-0.3, -0.25) is 4.79 Å². The van der Waals surface area contributed by atoms with E-state index in [1.54, 1.807) is 31.2 Å². The number of H-pyrrole nitrogens is 1. The first-order chi connectivity index (χ1) is 12.5. The number of benzene rings is 1. The molecule has 1 heterocycles. The SMILES string of the molecule is CCOC(=O)c1ccc(-c2ccc(OCCC(C)C)c(C#N)c2)[nH]c1=O. The van der Waals surface area contributed by atoms with Crippen molar-refractivity contribution in [2.24, 2.45) is 5.92 Å². The van der Waals surface area contributed by atoms with Gasteiger partial charge in [0.2, 0.25) is 0 Å². The van der Waals surface area contributed by atoms with Gasteiger partial charge in [-0.1, -0.05) is 13.8 Å². The van der Waals surface area contributed by atoms with E-state index in [2.05, 4.69) is 24.9 Å². The van der Waals surface area contributed by atoms with Gasteiger partial charge in [-0.05, 0) is 55.2 Å². The minimum absolute atomic E-state index is 0.0512. The third-order valence-electron chi connectivity index (χ3n) is 3.77. The van der Waals surface area contributed by atoms with Gasteiger partial charge >= 0.3 is 5.97 Å². The Bertz CT molecular complexity index is 878. The van der Waals surface area contributed by atoms with E-state index in [-0.39, 0.29) is 12.2 Å². The van der Waals surface area contributed by atoms with Crippen LogP contribution in [0.25, 0.3) is 11.3 Å². The number of aromatic amines is 1. The third kappa shape index (κ3) is 4.73. The van der Waals surface area contributed by atoms with Gasteiger partial charge in [-0.25, -0.2) is 4.79 Å².